The van der Waals surface area contributed by atoms with Crippen LogP contribution in [-0.4, -0.2) is 51.1 Å². The summed E-state index contributed by atoms with van der Waals surface area (Å²) in [5.41, 5.74) is 1.09. The van der Waals surface area contributed by atoms with Crippen LogP contribution in [0.3, 0.4) is 0 Å². The molecular weight excluding hydrogens is 360 g/mol. The number of nitrogens with zero attached hydrogens (tertiary/aromatic N) is 6. The molecule has 1 fully saturated rings. The monoisotopic (exact) mass is 382 g/mol. The summed E-state index contributed by atoms with van der Waals surface area (Å²) in [6, 6.07) is 5.25. The van der Waals surface area contributed by atoms with E-state index in [0.29, 0.717) is 17.8 Å². The van der Waals surface area contributed by atoms with E-state index in [0.717, 1.165) is 43.1 Å². The van der Waals surface area contributed by atoms with E-state index in [4.69, 9.17) is 4.52 Å². The molecule has 2 aromatic heterocycles. The third kappa shape index (κ3) is 3.53. The summed E-state index contributed by atoms with van der Waals surface area (Å²) < 4.78 is 5.35. The van der Waals surface area contributed by atoms with Crippen molar-refractivity contribution in [1.82, 2.24) is 20.0 Å². The van der Waals surface area contributed by atoms with Gasteiger partial charge in [0.05, 0.1) is 16.9 Å². The number of hydrogen-bond donors (Lipinski definition) is 0. The second-order valence-electron chi connectivity index (χ2n) is 7.25. The largest absolute Gasteiger partial charge is 0.368 e. The number of piperazine rings is 1. The number of nitro benzene ring substituents is 1. The van der Waals surface area contributed by atoms with Crippen LogP contribution in [0.15, 0.2) is 35.1 Å². The van der Waals surface area contributed by atoms with Crippen molar-refractivity contribution < 1.29 is 9.45 Å². The van der Waals surface area contributed by atoms with Crippen molar-refractivity contribution in [1.29, 1.82) is 0 Å². The molecule has 0 aliphatic carbocycles. The van der Waals surface area contributed by atoms with Crippen molar-refractivity contribution in [3.63, 3.8) is 0 Å². The zero-order valence-corrected chi connectivity index (χ0v) is 15.9. The van der Waals surface area contributed by atoms with Gasteiger partial charge in [-0.1, -0.05) is 19.0 Å². The molecule has 146 valence electrons. The average Bonchev–Trinajstić information content (AvgIpc) is 3.16. The number of nitro groups is 1. The standard InChI is InChI=1S/C19H22N6O3/c1-13(2)19-21-18(28-22-19)12-23-7-9-24(10-8-23)16-3-4-17(25(26)27)15-11-20-6-5-14(15)16/h3-6,11,13H,7-10,12H2,1-2H3. The van der Waals surface area contributed by atoms with Gasteiger partial charge in [-0.3, -0.25) is 20.0 Å². The Hall–Kier alpha value is -3.07. The summed E-state index contributed by atoms with van der Waals surface area (Å²) in [5.74, 6) is 1.63. The number of pyridine rings is 1. The predicted octanol–water partition coefficient (Wildman–Crippen LogP) is 2.97. The van der Waals surface area contributed by atoms with Crippen LogP contribution in [0.2, 0.25) is 0 Å². The Morgan fingerprint density at radius 1 is 1.18 bits per heavy atom. The van der Waals surface area contributed by atoms with Crippen LogP contribution in [0.4, 0.5) is 11.4 Å². The smallest absolute Gasteiger partial charge is 0.278 e. The Balaban J connectivity index is 1.48. The highest BCUT2D eigenvalue weighted by Crippen LogP contribution is 2.33. The zero-order chi connectivity index (χ0) is 19.7. The lowest BCUT2D eigenvalue weighted by atomic mass is 10.1. The van der Waals surface area contributed by atoms with Crippen LogP contribution in [-0.2, 0) is 6.54 Å². The summed E-state index contributed by atoms with van der Waals surface area (Å²) in [4.78, 5) is 24.0. The molecule has 9 nitrogen and oxygen atoms in total. The average molecular weight is 382 g/mol. The summed E-state index contributed by atoms with van der Waals surface area (Å²) in [7, 11) is 0. The molecule has 0 saturated carbocycles. The van der Waals surface area contributed by atoms with Gasteiger partial charge in [-0.25, -0.2) is 0 Å². The molecule has 0 unspecified atom stereocenters. The Morgan fingerprint density at radius 3 is 2.64 bits per heavy atom. The quantitative estimate of drug-likeness (QED) is 0.490. The lowest BCUT2D eigenvalue weighted by molar-refractivity contribution is -0.383. The summed E-state index contributed by atoms with van der Waals surface area (Å²) in [6.45, 7) is 8.06. The van der Waals surface area contributed by atoms with Crippen molar-refractivity contribution in [3.05, 3.63) is 52.4 Å². The van der Waals surface area contributed by atoms with Crippen LogP contribution in [0, 0.1) is 10.1 Å². The van der Waals surface area contributed by atoms with Crippen LogP contribution < -0.4 is 4.90 Å². The van der Waals surface area contributed by atoms with E-state index in [1.165, 1.54) is 0 Å². The maximum Gasteiger partial charge on any atom is 0.278 e. The van der Waals surface area contributed by atoms with Crippen LogP contribution in [0.1, 0.15) is 31.5 Å². The fraction of sp³-hybridized carbons (Fsp3) is 0.421. The predicted molar refractivity (Wildman–Crippen MR) is 104 cm³/mol. The first-order valence-electron chi connectivity index (χ1n) is 9.34. The fourth-order valence-electron chi connectivity index (χ4n) is 3.50. The molecule has 3 aromatic rings. The van der Waals surface area contributed by atoms with Gasteiger partial charge in [-0.2, -0.15) is 4.98 Å². The van der Waals surface area contributed by atoms with E-state index in [2.05, 4.69) is 24.9 Å². The highest BCUT2D eigenvalue weighted by molar-refractivity contribution is 5.99. The van der Waals surface area contributed by atoms with Crippen molar-refractivity contribution in [3.8, 4) is 0 Å². The van der Waals surface area contributed by atoms with Gasteiger partial charge in [-0.15, -0.1) is 0 Å². The number of non-ortho nitro benzene ring substituents is 1. The molecule has 4 rings (SSSR count). The van der Waals surface area contributed by atoms with Crippen LogP contribution in [0.5, 0.6) is 0 Å². The molecule has 28 heavy (non-hydrogen) atoms. The lowest BCUT2D eigenvalue weighted by Gasteiger charge is -2.35. The molecule has 0 spiro atoms. The SMILES string of the molecule is CC(C)c1noc(CN2CCN(c3ccc([N+](=O)[O-])c4cnccc34)CC2)n1. The minimum Gasteiger partial charge on any atom is -0.368 e. The van der Waals surface area contributed by atoms with Gasteiger partial charge in [-0.05, 0) is 12.1 Å². The number of benzene rings is 1. The Morgan fingerprint density at radius 2 is 1.96 bits per heavy atom. The molecule has 1 aromatic carbocycles. The second-order valence-corrected chi connectivity index (χ2v) is 7.25. The third-order valence-corrected chi connectivity index (χ3v) is 5.04. The summed E-state index contributed by atoms with van der Waals surface area (Å²) in [5, 5.41) is 16.7. The van der Waals surface area contributed by atoms with Crippen LogP contribution in [0.25, 0.3) is 10.8 Å². The molecule has 0 radical (unpaired) electrons. The molecule has 0 N–H and O–H groups in total. The van der Waals surface area contributed by atoms with Gasteiger partial charge < -0.3 is 9.42 Å². The van der Waals surface area contributed by atoms with Gasteiger partial charge in [0, 0.05) is 61.6 Å². The Bertz CT molecular complexity index is 994. The van der Waals surface area contributed by atoms with E-state index < -0.39 is 0 Å². The van der Waals surface area contributed by atoms with Gasteiger partial charge >= 0.3 is 0 Å². The van der Waals surface area contributed by atoms with Crippen molar-refractivity contribution >= 4 is 22.1 Å². The molecule has 1 saturated heterocycles. The second kappa shape index (κ2) is 7.51. The zero-order valence-electron chi connectivity index (χ0n) is 15.9. The molecule has 3 heterocycles. The maximum absolute atomic E-state index is 11.3. The molecule has 1 aliphatic rings. The topological polar surface area (TPSA) is 101 Å². The van der Waals surface area contributed by atoms with Gasteiger partial charge in [0.25, 0.3) is 5.69 Å². The number of fused-ring (bicyclic) bond motifs is 1. The van der Waals surface area contributed by atoms with Crippen LogP contribution >= 0.6 is 0 Å². The van der Waals surface area contributed by atoms with Gasteiger partial charge in [0.2, 0.25) is 5.89 Å². The normalized spacial score (nSPS) is 15.5. The summed E-state index contributed by atoms with van der Waals surface area (Å²) in [6.07, 6.45) is 3.24. The number of hydrogen-bond acceptors (Lipinski definition) is 8. The molecule has 0 amide bonds. The van der Waals surface area contributed by atoms with E-state index in [1.807, 2.05) is 26.0 Å². The first kappa shape index (κ1) is 18.3. The van der Waals surface area contributed by atoms with Crippen molar-refractivity contribution in [2.24, 2.45) is 0 Å². The van der Waals surface area contributed by atoms with E-state index in [1.54, 1.807) is 18.5 Å². The third-order valence-electron chi connectivity index (χ3n) is 5.04. The van der Waals surface area contributed by atoms with Gasteiger partial charge in [0.1, 0.15) is 0 Å². The highest BCUT2D eigenvalue weighted by atomic mass is 16.6. The first-order valence-corrected chi connectivity index (χ1v) is 9.34. The van der Waals surface area contributed by atoms with Gasteiger partial charge in [0.15, 0.2) is 5.82 Å². The first-order chi connectivity index (χ1) is 13.5. The highest BCUT2D eigenvalue weighted by Gasteiger charge is 2.23. The number of rotatable bonds is 5. The molecular formula is C19H22N6O3. The fourth-order valence-corrected chi connectivity index (χ4v) is 3.50. The molecule has 9 heteroatoms. The van der Waals surface area contributed by atoms with Crippen molar-refractivity contribution in [2.45, 2.75) is 26.3 Å². The maximum atomic E-state index is 11.3. The van der Waals surface area contributed by atoms with Crippen molar-refractivity contribution in [2.75, 3.05) is 31.1 Å². The van der Waals surface area contributed by atoms with E-state index in [-0.39, 0.29) is 16.5 Å². The Kier molecular flexibility index (Phi) is 4.91. The number of anilines is 1. The molecule has 0 atom stereocenters. The molecule has 0 bridgehead atoms. The lowest BCUT2D eigenvalue weighted by Crippen LogP contribution is -2.46. The molecule has 1 aliphatic heterocycles. The minimum atomic E-state index is -0.360. The summed E-state index contributed by atoms with van der Waals surface area (Å²) >= 11 is 0. The van der Waals surface area contributed by atoms with E-state index in [9.17, 15) is 10.1 Å². The minimum absolute atomic E-state index is 0.0860. The Labute approximate surface area is 162 Å². The number of aromatic nitrogens is 3. The van der Waals surface area contributed by atoms with E-state index >= 15 is 0 Å².